The van der Waals surface area contributed by atoms with Crippen LogP contribution in [0.15, 0.2) is 84.9 Å². The summed E-state index contributed by atoms with van der Waals surface area (Å²) in [5, 5.41) is 0. The van der Waals surface area contributed by atoms with E-state index in [2.05, 4.69) is 83.1 Å². The minimum Gasteiger partial charge on any atom is -0.342 e. The number of aromatic nitrogens is 2. The van der Waals surface area contributed by atoms with Crippen LogP contribution in [-0.4, -0.2) is 33.4 Å². The molecule has 2 heterocycles. The minimum atomic E-state index is -0.0505. The molecule has 1 aliphatic heterocycles. The van der Waals surface area contributed by atoms with Crippen molar-refractivity contribution >= 4 is 16.9 Å². The van der Waals surface area contributed by atoms with Crippen molar-refractivity contribution in [3.05, 3.63) is 102 Å². The Kier molecular flexibility index (Phi) is 6.25. The lowest BCUT2D eigenvalue weighted by molar-refractivity contribution is -0.134. The van der Waals surface area contributed by atoms with Crippen LogP contribution >= 0.6 is 0 Å². The van der Waals surface area contributed by atoms with Crippen LogP contribution in [-0.2, 0) is 11.2 Å². The Morgan fingerprint density at radius 1 is 0.909 bits per heavy atom. The molecule has 1 atom stereocenters. The Hall–Kier alpha value is -3.40. The highest BCUT2D eigenvalue weighted by molar-refractivity contribution is 5.84. The lowest BCUT2D eigenvalue weighted by atomic mass is 9.93. The number of benzene rings is 3. The zero-order valence-corrected chi connectivity index (χ0v) is 19.2. The van der Waals surface area contributed by atoms with Crippen LogP contribution in [0.3, 0.4) is 0 Å². The van der Waals surface area contributed by atoms with Crippen LogP contribution in [0.5, 0.6) is 0 Å². The number of fused-ring (bicyclic) bond motifs is 1. The van der Waals surface area contributed by atoms with Crippen molar-refractivity contribution in [2.24, 2.45) is 0 Å². The van der Waals surface area contributed by atoms with Crippen LogP contribution in [0.4, 0.5) is 0 Å². The van der Waals surface area contributed by atoms with Gasteiger partial charge in [-0.2, -0.15) is 0 Å². The topological polar surface area (TPSA) is 38.1 Å². The lowest BCUT2D eigenvalue weighted by Crippen LogP contribution is -2.41. The predicted molar refractivity (Wildman–Crippen MR) is 133 cm³/mol. The molecule has 1 aromatic heterocycles. The van der Waals surface area contributed by atoms with Crippen molar-refractivity contribution in [3.8, 4) is 0 Å². The maximum Gasteiger partial charge on any atom is 0.230 e. The van der Waals surface area contributed by atoms with Gasteiger partial charge in [0.25, 0.3) is 0 Å². The fraction of sp³-hybridized carbons (Fsp3) is 0.310. The molecule has 1 amide bonds. The Morgan fingerprint density at radius 2 is 1.55 bits per heavy atom. The maximum atomic E-state index is 13.4. The van der Waals surface area contributed by atoms with Gasteiger partial charge in [-0.3, -0.25) is 4.79 Å². The van der Waals surface area contributed by atoms with Gasteiger partial charge in [-0.15, -0.1) is 0 Å². The molecular formula is C29H31N3O. The van der Waals surface area contributed by atoms with E-state index in [1.54, 1.807) is 0 Å². The van der Waals surface area contributed by atoms with E-state index >= 15 is 0 Å². The van der Waals surface area contributed by atoms with Crippen molar-refractivity contribution < 1.29 is 4.79 Å². The number of carbonyl (C=O) groups is 1. The first-order chi connectivity index (χ1) is 16.2. The van der Waals surface area contributed by atoms with E-state index < -0.39 is 0 Å². The van der Waals surface area contributed by atoms with Crippen molar-refractivity contribution in [1.29, 1.82) is 0 Å². The number of piperidine rings is 1. The molecule has 3 aromatic carbocycles. The van der Waals surface area contributed by atoms with Gasteiger partial charge in [0, 0.05) is 25.6 Å². The van der Waals surface area contributed by atoms with Gasteiger partial charge in [-0.25, -0.2) is 4.98 Å². The third-order valence-corrected chi connectivity index (χ3v) is 6.92. The van der Waals surface area contributed by atoms with Crippen LogP contribution < -0.4 is 0 Å². The van der Waals surface area contributed by atoms with E-state index in [0.717, 1.165) is 55.7 Å². The molecule has 4 aromatic rings. The first-order valence-electron chi connectivity index (χ1n) is 12.1. The average molecular weight is 438 g/mol. The zero-order valence-electron chi connectivity index (χ0n) is 19.2. The van der Waals surface area contributed by atoms with Crippen LogP contribution in [0.2, 0.25) is 0 Å². The van der Waals surface area contributed by atoms with Gasteiger partial charge in [0.15, 0.2) is 0 Å². The zero-order chi connectivity index (χ0) is 22.6. The standard InChI is InChI=1S/C29H31N3O/c1-2-25(23-13-7-4-8-14-23)29(33)31-19-17-24(18-20-31)32-27-16-10-9-15-26(27)30-28(32)21-22-11-5-3-6-12-22/h3-16,24-25H,2,17-21H2,1H3. The largest absolute Gasteiger partial charge is 0.342 e. The molecule has 1 unspecified atom stereocenters. The summed E-state index contributed by atoms with van der Waals surface area (Å²) in [4.78, 5) is 20.4. The summed E-state index contributed by atoms with van der Waals surface area (Å²) in [6, 6.07) is 29.6. The third kappa shape index (κ3) is 4.43. The number of hydrogen-bond acceptors (Lipinski definition) is 2. The van der Waals surface area contributed by atoms with Crippen molar-refractivity contribution in [2.75, 3.05) is 13.1 Å². The SMILES string of the molecule is CCC(C(=O)N1CCC(n2c(Cc3ccccc3)nc3ccccc32)CC1)c1ccccc1. The summed E-state index contributed by atoms with van der Waals surface area (Å²) in [5.41, 5.74) is 4.65. The van der Waals surface area contributed by atoms with Gasteiger partial charge >= 0.3 is 0 Å². The number of likely N-dealkylation sites (tertiary alicyclic amines) is 1. The van der Waals surface area contributed by atoms with Crippen molar-refractivity contribution in [2.45, 2.75) is 44.6 Å². The summed E-state index contributed by atoms with van der Waals surface area (Å²) >= 11 is 0. The number of para-hydroxylation sites is 2. The first-order valence-corrected chi connectivity index (χ1v) is 12.1. The molecule has 5 rings (SSSR count). The third-order valence-electron chi connectivity index (χ3n) is 6.92. The summed E-state index contributed by atoms with van der Waals surface area (Å²) < 4.78 is 2.44. The summed E-state index contributed by atoms with van der Waals surface area (Å²) in [6.45, 7) is 3.70. The van der Waals surface area contributed by atoms with Gasteiger partial charge in [0.2, 0.25) is 5.91 Å². The minimum absolute atomic E-state index is 0.0505. The molecule has 168 valence electrons. The van der Waals surface area contributed by atoms with Gasteiger partial charge in [-0.05, 0) is 42.5 Å². The second-order valence-corrected chi connectivity index (χ2v) is 8.98. The molecule has 1 saturated heterocycles. The monoisotopic (exact) mass is 437 g/mol. The Balaban J connectivity index is 1.36. The molecule has 1 aliphatic rings. The van der Waals surface area contributed by atoms with Gasteiger partial charge < -0.3 is 9.47 Å². The fourth-order valence-corrected chi connectivity index (χ4v) is 5.21. The smallest absolute Gasteiger partial charge is 0.230 e. The lowest BCUT2D eigenvalue weighted by Gasteiger charge is -2.35. The molecule has 0 aliphatic carbocycles. The molecule has 4 heteroatoms. The Morgan fingerprint density at radius 3 is 2.24 bits per heavy atom. The Bertz CT molecular complexity index is 1210. The molecule has 0 spiro atoms. The van der Waals surface area contributed by atoms with E-state index in [9.17, 15) is 4.79 Å². The quantitative estimate of drug-likeness (QED) is 0.372. The number of imidazole rings is 1. The van der Waals surface area contributed by atoms with Crippen LogP contribution in [0, 0.1) is 0 Å². The summed E-state index contributed by atoms with van der Waals surface area (Å²) in [5.74, 6) is 1.33. The Labute approximate surface area is 195 Å². The molecule has 0 saturated carbocycles. The van der Waals surface area contributed by atoms with Crippen LogP contribution in [0.1, 0.15) is 55.1 Å². The highest BCUT2D eigenvalue weighted by Gasteiger charge is 2.30. The second kappa shape index (κ2) is 9.62. The molecule has 0 bridgehead atoms. The van der Waals surface area contributed by atoms with Crippen LogP contribution in [0.25, 0.3) is 11.0 Å². The summed E-state index contributed by atoms with van der Waals surface area (Å²) in [6.07, 6.45) is 3.56. The first kappa shape index (κ1) is 21.4. The number of amides is 1. The van der Waals surface area contributed by atoms with Gasteiger partial charge in [-0.1, -0.05) is 79.7 Å². The van der Waals surface area contributed by atoms with Gasteiger partial charge in [0.1, 0.15) is 5.82 Å². The maximum absolute atomic E-state index is 13.4. The van der Waals surface area contributed by atoms with Crippen molar-refractivity contribution in [3.63, 3.8) is 0 Å². The highest BCUT2D eigenvalue weighted by Crippen LogP contribution is 2.31. The van der Waals surface area contributed by atoms with Crippen molar-refractivity contribution in [1.82, 2.24) is 14.5 Å². The summed E-state index contributed by atoms with van der Waals surface area (Å²) in [7, 11) is 0. The number of rotatable bonds is 6. The molecule has 33 heavy (non-hydrogen) atoms. The second-order valence-electron chi connectivity index (χ2n) is 8.98. The molecule has 0 N–H and O–H groups in total. The highest BCUT2D eigenvalue weighted by atomic mass is 16.2. The van der Waals surface area contributed by atoms with Gasteiger partial charge in [0.05, 0.1) is 17.0 Å². The van der Waals surface area contributed by atoms with E-state index in [-0.39, 0.29) is 11.8 Å². The van der Waals surface area contributed by atoms with E-state index in [0.29, 0.717) is 6.04 Å². The molecule has 0 radical (unpaired) electrons. The fourth-order valence-electron chi connectivity index (χ4n) is 5.21. The number of nitrogens with zero attached hydrogens (tertiary/aromatic N) is 3. The molecular weight excluding hydrogens is 406 g/mol. The normalized spacial score (nSPS) is 15.6. The number of carbonyl (C=O) groups excluding carboxylic acids is 1. The van der Waals surface area contributed by atoms with E-state index in [1.165, 1.54) is 11.1 Å². The van der Waals surface area contributed by atoms with E-state index in [1.807, 2.05) is 18.2 Å². The number of hydrogen-bond donors (Lipinski definition) is 0. The molecule has 1 fully saturated rings. The predicted octanol–water partition coefficient (Wildman–Crippen LogP) is 5.98. The average Bonchev–Trinajstić information content (AvgIpc) is 3.23. The molecule has 4 nitrogen and oxygen atoms in total. The van der Waals surface area contributed by atoms with E-state index in [4.69, 9.17) is 4.98 Å².